The Morgan fingerprint density at radius 2 is 2.00 bits per heavy atom. The highest BCUT2D eigenvalue weighted by atomic mass is 16.3. The number of aliphatic hydroxyl groups excluding tert-OH is 1. The van der Waals surface area contributed by atoms with Gasteiger partial charge in [0, 0.05) is 12.2 Å². The fraction of sp³-hybridized carbons (Fsp3) is 0.267. The second kappa shape index (κ2) is 7.35. The molecule has 0 saturated carbocycles. The van der Waals surface area contributed by atoms with E-state index in [9.17, 15) is 4.79 Å². The summed E-state index contributed by atoms with van der Waals surface area (Å²) in [6.45, 7) is 2.81. The zero-order chi connectivity index (χ0) is 15.1. The van der Waals surface area contributed by atoms with Crippen LogP contribution in [-0.2, 0) is 6.61 Å². The Labute approximate surface area is 123 Å². The third-order valence-electron chi connectivity index (χ3n) is 2.82. The Hall–Kier alpha value is -2.47. The second-order valence-electron chi connectivity index (χ2n) is 4.53. The summed E-state index contributed by atoms with van der Waals surface area (Å²) >= 11 is 0. The highest BCUT2D eigenvalue weighted by Gasteiger charge is 2.09. The van der Waals surface area contributed by atoms with Gasteiger partial charge >= 0.3 is 0 Å². The molecule has 0 saturated heterocycles. The standard InChI is InChI=1S/C15H18N4O2/c1-2-7-17-14-9-16-8-13(19-14)15(21)18-12-5-3-11(10-20)4-6-12/h3-6,8-9,20H,2,7,10H2,1H3,(H,17,19)(H,18,21). The summed E-state index contributed by atoms with van der Waals surface area (Å²) in [6.07, 6.45) is 3.98. The monoisotopic (exact) mass is 286 g/mol. The molecule has 0 fully saturated rings. The van der Waals surface area contributed by atoms with Crippen LogP contribution >= 0.6 is 0 Å². The number of amides is 1. The van der Waals surface area contributed by atoms with Crippen molar-refractivity contribution in [1.29, 1.82) is 0 Å². The molecule has 0 bridgehead atoms. The number of nitrogens with one attached hydrogen (secondary N) is 2. The molecule has 1 aromatic carbocycles. The third-order valence-corrected chi connectivity index (χ3v) is 2.82. The molecule has 110 valence electrons. The van der Waals surface area contributed by atoms with Gasteiger partial charge in [0.15, 0.2) is 0 Å². The van der Waals surface area contributed by atoms with Crippen LogP contribution in [0.1, 0.15) is 29.4 Å². The van der Waals surface area contributed by atoms with Crippen LogP contribution in [0.3, 0.4) is 0 Å². The first kappa shape index (κ1) is 14.9. The summed E-state index contributed by atoms with van der Waals surface area (Å²) in [7, 11) is 0. The van der Waals surface area contributed by atoms with E-state index >= 15 is 0 Å². The van der Waals surface area contributed by atoms with Crippen molar-refractivity contribution in [2.75, 3.05) is 17.2 Å². The van der Waals surface area contributed by atoms with Gasteiger partial charge in [-0.25, -0.2) is 4.98 Å². The SMILES string of the molecule is CCCNc1cncc(C(=O)Nc2ccc(CO)cc2)n1. The van der Waals surface area contributed by atoms with Crippen molar-refractivity contribution in [2.45, 2.75) is 20.0 Å². The number of nitrogens with zero attached hydrogens (tertiary/aromatic N) is 2. The Kier molecular flexibility index (Phi) is 5.22. The maximum atomic E-state index is 12.1. The van der Waals surface area contributed by atoms with E-state index in [-0.39, 0.29) is 18.2 Å². The van der Waals surface area contributed by atoms with Crippen molar-refractivity contribution >= 4 is 17.4 Å². The van der Waals surface area contributed by atoms with E-state index in [1.165, 1.54) is 6.20 Å². The van der Waals surface area contributed by atoms with Gasteiger partial charge in [0.05, 0.1) is 19.0 Å². The molecule has 0 aliphatic heterocycles. The van der Waals surface area contributed by atoms with Crippen LogP contribution in [0.15, 0.2) is 36.7 Å². The van der Waals surface area contributed by atoms with Crippen LogP contribution in [0.25, 0.3) is 0 Å². The fourth-order valence-corrected chi connectivity index (χ4v) is 1.70. The minimum atomic E-state index is -0.320. The van der Waals surface area contributed by atoms with Crippen molar-refractivity contribution in [3.63, 3.8) is 0 Å². The largest absolute Gasteiger partial charge is 0.392 e. The molecule has 0 unspecified atom stereocenters. The van der Waals surface area contributed by atoms with Crippen LogP contribution in [0.2, 0.25) is 0 Å². The molecule has 3 N–H and O–H groups in total. The molecule has 1 aromatic heterocycles. The van der Waals surface area contributed by atoms with E-state index < -0.39 is 0 Å². The zero-order valence-electron chi connectivity index (χ0n) is 11.8. The van der Waals surface area contributed by atoms with Crippen LogP contribution in [0.5, 0.6) is 0 Å². The van der Waals surface area contributed by atoms with E-state index in [0.29, 0.717) is 11.5 Å². The zero-order valence-corrected chi connectivity index (χ0v) is 11.8. The number of hydrogen-bond acceptors (Lipinski definition) is 5. The van der Waals surface area contributed by atoms with Gasteiger partial charge in [-0.1, -0.05) is 19.1 Å². The summed E-state index contributed by atoms with van der Waals surface area (Å²) in [5.41, 5.74) is 1.69. The molecule has 2 aromatic rings. The minimum Gasteiger partial charge on any atom is -0.392 e. The van der Waals surface area contributed by atoms with Crippen molar-refractivity contribution in [2.24, 2.45) is 0 Å². The molecule has 1 heterocycles. The number of aliphatic hydroxyl groups is 1. The van der Waals surface area contributed by atoms with E-state index in [1.54, 1.807) is 30.5 Å². The first-order chi connectivity index (χ1) is 10.2. The summed E-state index contributed by atoms with van der Waals surface area (Å²) in [5, 5.41) is 14.8. The first-order valence-electron chi connectivity index (χ1n) is 6.80. The Balaban J connectivity index is 2.05. The lowest BCUT2D eigenvalue weighted by Crippen LogP contribution is -2.15. The lowest BCUT2D eigenvalue weighted by Gasteiger charge is -2.07. The van der Waals surface area contributed by atoms with Crippen LogP contribution in [0.4, 0.5) is 11.5 Å². The van der Waals surface area contributed by atoms with Crippen LogP contribution in [-0.4, -0.2) is 27.5 Å². The quantitative estimate of drug-likeness (QED) is 0.756. The number of carbonyl (C=O) groups is 1. The van der Waals surface area contributed by atoms with Crippen LogP contribution < -0.4 is 10.6 Å². The van der Waals surface area contributed by atoms with Crippen LogP contribution in [0, 0.1) is 0 Å². The van der Waals surface area contributed by atoms with E-state index in [0.717, 1.165) is 18.5 Å². The normalized spacial score (nSPS) is 10.2. The van der Waals surface area contributed by atoms with Gasteiger partial charge in [0.25, 0.3) is 5.91 Å². The summed E-state index contributed by atoms with van der Waals surface area (Å²) in [4.78, 5) is 20.3. The molecule has 0 aliphatic carbocycles. The summed E-state index contributed by atoms with van der Waals surface area (Å²) < 4.78 is 0. The van der Waals surface area contributed by atoms with Gasteiger partial charge in [0.1, 0.15) is 11.5 Å². The molecule has 6 nitrogen and oxygen atoms in total. The van der Waals surface area contributed by atoms with Gasteiger partial charge in [-0.3, -0.25) is 9.78 Å². The average molecular weight is 286 g/mol. The van der Waals surface area contributed by atoms with Gasteiger partial charge < -0.3 is 15.7 Å². The number of carbonyl (C=O) groups excluding carboxylic acids is 1. The lowest BCUT2D eigenvalue weighted by molar-refractivity contribution is 0.102. The Morgan fingerprint density at radius 3 is 2.67 bits per heavy atom. The minimum absolute atomic E-state index is 0.0230. The van der Waals surface area contributed by atoms with Gasteiger partial charge in [-0.15, -0.1) is 0 Å². The molecule has 21 heavy (non-hydrogen) atoms. The Morgan fingerprint density at radius 1 is 1.24 bits per heavy atom. The first-order valence-corrected chi connectivity index (χ1v) is 6.80. The van der Waals surface area contributed by atoms with E-state index in [1.807, 2.05) is 6.92 Å². The topological polar surface area (TPSA) is 87.1 Å². The second-order valence-corrected chi connectivity index (χ2v) is 4.53. The predicted octanol–water partition coefficient (Wildman–Crippen LogP) is 2.04. The number of hydrogen-bond donors (Lipinski definition) is 3. The predicted molar refractivity (Wildman–Crippen MR) is 81.1 cm³/mol. The van der Waals surface area contributed by atoms with Crippen molar-refractivity contribution in [3.8, 4) is 0 Å². The number of aromatic nitrogens is 2. The molecule has 0 atom stereocenters. The molecule has 2 rings (SSSR count). The summed E-state index contributed by atoms with van der Waals surface area (Å²) in [6, 6.07) is 6.97. The number of anilines is 2. The molecular weight excluding hydrogens is 268 g/mol. The maximum absolute atomic E-state index is 12.1. The lowest BCUT2D eigenvalue weighted by atomic mass is 10.2. The maximum Gasteiger partial charge on any atom is 0.275 e. The van der Waals surface area contributed by atoms with E-state index in [4.69, 9.17) is 5.11 Å². The van der Waals surface area contributed by atoms with Crippen molar-refractivity contribution < 1.29 is 9.90 Å². The molecule has 0 spiro atoms. The molecule has 0 aliphatic rings. The molecular formula is C15H18N4O2. The Bertz CT molecular complexity index is 599. The third kappa shape index (κ3) is 4.25. The number of benzene rings is 1. The fourth-order valence-electron chi connectivity index (χ4n) is 1.70. The number of rotatable bonds is 6. The molecule has 6 heteroatoms. The highest BCUT2D eigenvalue weighted by molar-refractivity contribution is 6.02. The highest BCUT2D eigenvalue weighted by Crippen LogP contribution is 2.11. The summed E-state index contributed by atoms with van der Waals surface area (Å²) in [5.74, 6) is 0.263. The molecule has 0 radical (unpaired) electrons. The molecule has 1 amide bonds. The van der Waals surface area contributed by atoms with Crippen molar-refractivity contribution in [1.82, 2.24) is 9.97 Å². The average Bonchev–Trinajstić information content (AvgIpc) is 2.54. The smallest absolute Gasteiger partial charge is 0.275 e. The van der Waals surface area contributed by atoms with Crippen molar-refractivity contribution in [3.05, 3.63) is 47.9 Å². The van der Waals surface area contributed by atoms with Gasteiger partial charge in [-0.05, 0) is 24.1 Å². The van der Waals surface area contributed by atoms with Gasteiger partial charge in [-0.2, -0.15) is 0 Å². The van der Waals surface area contributed by atoms with E-state index in [2.05, 4.69) is 20.6 Å². The van der Waals surface area contributed by atoms with Gasteiger partial charge in [0.2, 0.25) is 0 Å².